The van der Waals surface area contributed by atoms with Gasteiger partial charge in [-0.15, -0.1) is 0 Å². The molecule has 154 valence electrons. The molecule has 0 spiro atoms. The smallest absolute Gasteiger partial charge is 0.355 e. The molecule has 0 saturated heterocycles. The van der Waals surface area contributed by atoms with Crippen LogP contribution in [-0.4, -0.2) is 22.1 Å². The number of fused-ring (bicyclic) bond motifs is 3. The van der Waals surface area contributed by atoms with Gasteiger partial charge in [-0.2, -0.15) is 0 Å². The Morgan fingerprint density at radius 3 is 2.72 bits per heavy atom. The van der Waals surface area contributed by atoms with Gasteiger partial charge in [-0.25, -0.2) is 4.79 Å². The molecule has 0 atom stereocenters. The summed E-state index contributed by atoms with van der Waals surface area (Å²) < 4.78 is 12.6. The van der Waals surface area contributed by atoms with Gasteiger partial charge < -0.3 is 14.0 Å². The number of unbranched alkanes of at least 4 members (excludes halogenated alkanes) is 2. The maximum absolute atomic E-state index is 12.7. The average molecular weight is 400 g/mol. The number of ether oxygens (including phenoxy) is 2. The van der Waals surface area contributed by atoms with Crippen molar-refractivity contribution in [1.82, 2.24) is 4.57 Å². The third-order valence-corrected chi connectivity index (χ3v) is 5.14. The number of aryl methyl sites for hydroxylation is 1. The molecule has 0 saturated carbocycles. The number of hydrogen-bond acceptors (Lipinski definition) is 6. The predicted octanol–water partition coefficient (Wildman–Crippen LogP) is 3.76. The highest BCUT2D eigenvalue weighted by atomic mass is 16.6. The van der Waals surface area contributed by atoms with Crippen molar-refractivity contribution in [2.75, 3.05) is 6.61 Å². The van der Waals surface area contributed by atoms with Gasteiger partial charge in [-0.05, 0) is 18.4 Å². The molecule has 2 aromatic rings. The Morgan fingerprint density at radius 2 is 2.07 bits per heavy atom. The SMILES string of the molecule is CCCCCOC(=O)c1cc(=O)c2c(n1C)-c1c(CC)ccc([N+](=O)[O-])c1OC2. The number of esters is 1. The largest absolute Gasteiger partial charge is 0.481 e. The Hall–Kier alpha value is -3.16. The number of benzene rings is 1. The molecule has 1 aromatic carbocycles. The second-order valence-electron chi connectivity index (χ2n) is 6.97. The summed E-state index contributed by atoms with van der Waals surface area (Å²) in [7, 11) is 1.66. The van der Waals surface area contributed by atoms with Gasteiger partial charge in [0.15, 0.2) is 5.43 Å². The Bertz CT molecular complexity index is 1020. The molecule has 1 aromatic heterocycles. The van der Waals surface area contributed by atoms with Crippen LogP contribution in [0, 0.1) is 10.1 Å². The zero-order chi connectivity index (χ0) is 21.1. The van der Waals surface area contributed by atoms with Gasteiger partial charge in [0, 0.05) is 19.2 Å². The van der Waals surface area contributed by atoms with Gasteiger partial charge in [0.2, 0.25) is 5.75 Å². The number of rotatable bonds is 7. The van der Waals surface area contributed by atoms with Gasteiger partial charge in [0.25, 0.3) is 0 Å². The van der Waals surface area contributed by atoms with Crippen molar-refractivity contribution in [3.8, 4) is 17.0 Å². The zero-order valence-electron chi connectivity index (χ0n) is 16.8. The van der Waals surface area contributed by atoms with E-state index in [2.05, 4.69) is 6.92 Å². The lowest BCUT2D eigenvalue weighted by molar-refractivity contribution is -0.385. The lowest BCUT2D eigenvalue weighted by Gasteiger charge is -2.25. The Balaban J connectivity index is 2.15. The second-order valence-corrected chi connectivity index (χ2v) is 6.97. The van der Waals surface area contributed by atoms with Crippen LogP contribution >= 0.6 is 0 Å². The Labute approximate surface area is 168 Å². The first-order valence-electron chi connectivity index (χ1n) is 9.74. The highest BCUT2D eigenvalue weighted by Crippen LogP contribution is 2.44. The number of carbonyl (C=O) groups is 1. The minimum Gasteiger partial charge on any atom is -0.481 e. The topological polar surface area (TPSA) is 101 Å². The molecule has 1 aliphatic rings. The van der Waals surface area contributed by atoms with Crippen LogP contribution in [0.1, 0.15) is 54.7 Å². The summed E-state index contributed by atoms with van der Waals surface area (Å²) in [6, 6.07) is 4.32. The van der Waals surface area contributed by atoms with E-state index in [0.29, 0.717) is 23.2 Å². The van der Waals surface area contributed by atoms with E-state index in [1.54, 1.807) is 17.7 Å². The number of nitro benzene ring substituents is 1. The molecule has 0 unspecified atom stereocenters. The van der Waals surface area contributed by atoms with E-state index in [9.17, 15) is 19.7 Å². The lowest BCUT2D eigenvalue weighted by Crippen LogP contribution is -2.26. The van der Waals surface area contributed by atoms with E-state index in [1.807, 2.05) is 6.92 Å². The van der Waals surface area contributed by atoms with Crippen LogP contribution in [0.4, 0.5) is 5.69 Å². The third-order valence-electron chi connectivity index (χ3n) is 5.14. The molecule has 0 N–H and O–H groups in total. The first kappa shape index (κ1) is 20.6. The number of pyridine rings is 1. The first-order chi connectivity index (χ1) is 13.9. The number of hydrogen-bond donors (Lipinski definition) is 0. The molecule has 0 fully saturated rings. The number of aromatic nitrogens is 1. The van der Waals surface area contributed by atoms with Crippen LogP contribution in [0.25, 0.3) is 11.3 Å². The standard InChI is InChI=1S/C21H24N2O6/c1-4-6-7-10-28-21(25)16-11-17(24)14-12-29-20-15(23(26)27)9-8-13(5-2)18(20)19(14)22(16)3/h8-9,11H,4-7,10,12H2,1-3H3. The van der Waals surface area contributed by atoms with Crippen molar-refractivity contribution in [2.45, 2.75) is 46.1 Å². The fourth-order valence-electron chi connectivity index (χ4n) is 3.59. The van der Waals surface area contributed by atoms with E-state index in [-0.39, 0.29) is 35.8 Å². The van der Waals surface area contributed by atoms with E-state index >= 15 is 0 Å². The maximum atomic E-state index is 12.7. The van der Waals surface area contributed by atoms with Crippen LogP contribution in [0.15, 0.2) is 23.0 Å². The van der Waals surface area contributed by atoms with Crippen molar-refractivity contribution >= 4 is 11.7 Å². The average Bonchev–Trinajstić information content (AvgIpc) is 2.71. The number of nitro groups is 1. The summed E-state index contributed by atoms with van der Waals surface area (Å²) in [5, 5.41) is 11.5. The molecule has 8 heteroatoms. The van der Waals surface area contributed by atoms with Crippen molar-refractivity contribution < 1.29 is 19.2 Å². The van der Waals surface area contributed by atoms with Gasteiger partial charge >= 0.3 is 11.7 Å². The van der Waals surface area contributed by atoms with Crippen LogP contribution < -0.4 is 10.2 Å². The molecule has 8 nitrogen and oxygen atoms in total. The van der Waals surface area contributed by atoms with Gasteiger partial charge in [-0.3, -0.25) is 14.9 Å². The summed E-state index contributed by atoms with van der Waals surface area (Å²) >= 11 is 0. The Kier molecular flexibility index (Phi) is 6.00. The summed E-state index contributed by atoms with van der Waals surface area (Å²) in [5.74, 6) is -0.453. The van der Waals surface area contributed by atoms with E-state index in [0.717, 1.165) is 24.8 Å². The summed E-state index contributed by atoms with van der Waals surface area (Å²) in [4.78, 5) is 36.3. The Morgan fingerprint density at radius 1 is 1.31 bits per heavy atom. The number of nitrogens with zero attached hydrogens (tertiary/aromatic N) is 2. The highest BCUT2D eigenvalue weighted by molar-refractivity contribution is 5.90. The van der Waals surface area contributed by atoms with Gasteiger partial charge in [-0.1, -0.05) is 32.8 Å². The van der Waals surface area contributed by atoms with Crippen molar-refractivity contribution in [3.05, 3.63) is 55.4 Å². The normalized spacial score (nSPS) is 12.0. The lowest BCUT2D eigenvalue weighted by atomic mass is 9.94. The molecule has 0 bridgehead atoms. The molecular weight excluding hydrogens is 376 g/mol. The second kappa shape index (κ2) is 8.46. The first-order valence-corrected chi connectivity index (χ1v) is 9.74. The van der Waals surface area contributed by atoms with Crippen molar-refractivity contribution in [2.24, 2.45) is 7.05 Å². The summed E-state index contributed by atoms with van der Waals surface area (Å²) in [6.45, 7) is 4.16. The van der Waals surface area contributed by atoms with Gasteiger partial charge in [0.1, 0.15) is 12.3 Å². The van der Waals surface area contributed by atoms with Crippen LogP contribution in [0.5, 0.6) is 5.75 Å². The highest BCUT2D eigenvalue weighted by Gasteiger charge is 2.32. The monoisotopic (exact) mass is 400 g/mol. The van der Waals surface area contributed by atoms with E-state index in [4.69, 9.17) is 9.47 Å². The zero-order valence-corrected chi connectivity index (χ0v) is 16.8. The van der Waals surface area contributed by atoms with E-state index in [1.165, 1.54) is 12.1 Å². The minimum atomic E-state index is -0.583. The maximum Gasteiger partial charge on any atom is 0.355 e. The molecule has 3 rings (SSSR count). The molecule has 2 heterocycles. The summed E-state index contributed by atoms with van der Waals surface area (Å²) in [6.07, 6.45) is 3.29. The molecule has 0 radical (unpaired) electrons. The summed E-state index contributed by atoms with van der Waals surface area (Å²) in [5.41, 5.74) is 1.74. The van der Waals surface area contributed by atoms with Gasteiger partial charge in [0.05, 0.1) is 28.4 Å². The van der Waals surface area contributed by atoms with E-state index < -0.39 is 10.9 Å². The fraction of sp³-hybridized carbons (Fsp3) is 0.429. The molecule has 1 aliphatic heterocycles. The quantitative estimate of drug-likeness (QED) is 0.304. The third kappa shape index (κ3) is 3.74. The molecular formula is C21H24N2O6. The van der Waals surface area contributed by atoms with Crippen molar-refractivity contribution in [1.29, 1.82) is 0 Å². The van der Waals surface area contributed by atoms with Crippen LogP contribution in [-0.2, 0) is 24.8 Å². The molecule has 0 amide bonds. The number of carbonyl (C=O) groups excluding carboxylic acids is 1. The van der Waals surface area contributed by atoms with Crippen LogP contribution in [0.2, 0.25) is 0 Å². The molecule has 0 aliphatic carbocycles. The van der Waals surface area contributed by atoms with Crippen molar-refractivity contribution in [3.63, 3.8) is 0 Å². The van der Waals surface area contributed by atoms with Crippen LogP contribution in [0.3, 0.4) is 0 Å². The molecule has 29 heavy (non-hydrogen) atoms. The minimum absolute atomic E-state index is 0.0885. The fourth-order valence-corrected chi connectivity index (χ4v) is 3.59. The predicted molar refractivity (Wildman–Crippen MR) is 107 cm³/mol.